The molecule has 2 aromatic rings. The summed E-state index contributed by atoms with van der Waals surface area (Å²) in [5, 5.41) is 12.6. The fourth-order valence-electron chi connectivity index (χ4n) is 4.33. The van der Waals surface area contributed by atoms with Crippen molar-refractivity contribution in [3.8, 4) is 0 Å². The van der Waals surface area contributed by atoms with Crippen LogP contribution in [0.3, 0.4) is 0 Å². The minimum atomic E-state index is -0.194. The zero-order valence-corrected chi connectivity index (χ0v) is 16.7. The van der Waals surface area contributed by atoms with Crippen LogP contribution < -0.4 is 4.90 Å². The Bertz CT molecular complexity index is 750. The number of rotatable bonds is 6. The first kappa shape index (κ1) is 19.3. The van der Waals surface area contributed by atoms with Crippen LogP contribution in [0.2, 0.25) is 0 Å². The maximum Gasteiger partial charge on any atom is 0.168 e. The number of ether oxygens (including phenoxy) is 1. The summed E-state index contributed by atoms with van der Waals surface area (Å²) < 4.78 is 20.9. The van der Waals surface area contributed by atoms with Crippen LogP contribution in [-0.2, 0) is 11.3 Å². The van der Waals surface area contributed by atoms with E-state index in [0.717, 1.165) is 63.7 Å². The summed E-state index contributed by atoms with van der Waals surface area (Å²) in [5.41, 5.74) is 1.07. The van der Waals surface area contributed by atoms with Crippen LogP contribution in [0.15, 0.2) is 24.3 Å². The van der Waals surface area contributed by atoms with Gasteiger partial charge in [-0.15, -0.1) is 5.10 Å². The topological polar surface area (TPSA) is 59.3 Å². The van der Waals surface area contributed by atoms with Gasteiger partial charge < -0.3 is 9.64 Å². The molecule has 0 unspecified atom stereocenters. The third-order valence-electron chi connectivity index (χ3n) is 5.76. The molecule has 0 aliphatic carbocycles. The van der Waals surface area contributed by atoms with Crippen LogP contribution in [0.25, 0.3) is 0 Å². The van der Waals surface area contributed by atoms with E-state index in [-0.39, 0.29) is 18.0 Å². The molecule has 0 saturated carbocycles. The summed E-state index contributed by atoms with van der Waals surface area (Å²) in [7, 11) is 0. The molecule has 3 heterocycles. The zero-order valence-electron chi connectivity index (χ0n) is 16.7. The van der Waals surface area contributed by atoms with Crippen LogP contribution in [0, 0.1) is 11.7 Å². The van der Waals surface area contributed by atoms with Gasteiger partial charge in [-0.2, -0.15) is 0 Å². The number of tetrazole rings is 1. The number of hydrogen-bond acceptors (Lipinski definition) is 6. The predicted molar refractivity (Wildman–Crippen MR) is 105 cm³/mol. The molecule has 2 aliphatic rings. The number of halogens is 1. The second kappa shape index (κ2) is 8.53. The summed E-state index contributed by atoms with van der Waals surface area (Å²) in [6.07, 6.45) is 2.40. The van der Waals surface area contributed by atoms with E-state index in [0.29, 0.717) is 5.92 Å². The molecule has 0 radical (unpaired) electrons. The summed E-state index contributed by atoms with van der Waals surface area (Å²) in [6, 6.07) is 6.93. The summed E-state index contributed by atoms with van der Waals surface area (Å²) in [4.78, 5) is 4.78. The molecule has 28 heavy (non-hydrogen) atoms. The molecule has 7 nitrogen and oxygen atoms in total. The number of anilines is 1. The largest absolute Gasteiger partial charge is 0.376 e. The van der Waals surface area contributed by atoms with Gasteiger partial charge in [-0.25, -0.2) is 9.07 Å². The lowest BCUT2D eigenvalue weighted by Crippen LogP contribution is -2.49. The molecular weight excluding hydrogens is 359 g/mol. The van der Waals surface area contributed by atoms with Gasteiger partial charge in [0, 0.05) is 38.5 Å². The maximum absolute atomic E-state index is 13.2. The van der Waals surface area contributed by atoms with Gasteiger partial charge in [-0.3, -0.25) is 4.90 Å². The Morgan fingerprint density at radius 3 is 2.54 bits per heavy atom. The van der Waals surface area contributed by atoms with Crippen LogP contribution in [0.5, 0.6) is 0 Å². The maximum atomic E-state index is 13.2. The van der Waals surface area contributed by atoms with Crippen molar-refractivity contribution < 1.29 is 9.13 Å². The van der Waals surface area contributed by atoms with Crippen molar-refractivity contribution in [3.63, 3.8) is 0 Å². The standard InChI is InChI=1S/C20H29FN6O/c1-15(2)19(20-22-23-24-27(20)14-18-4-3-13-28-18)26-11-9-25(10-12-26)17-7-5-16(21)6-8-17/h5-8,15,18-19H,3-4,9-14H2,1-2H3/t18-,19-/m0/s1. The van der Waals surface area contributed by atoms with E-state index in [2.05, 4.69) is 39.2 Å². The Balaban J connectivity index is 1.44. The van der Waals surface area contributed by atoms with Gasteiger partial charge in [0.05, 0.1) is 18.7 Å². The number of piperazine rings is 1. The second-order valence-corrected chi connectivity index (χ2v) is 8.04. The molecule has 2 fully saturated rings. The Hall–Kier alpha value is -2.06. The number of aromatic nitrogens is 4. The smallest absolute Gasteiger partial charge is 0.168 e. The molecule has 0 amide bonds. The molecule has 0 N–H and O–H groups in total. The Kier molecular flexibility index (Phi) is 5.87. The van der Waals surface area contributed by atoms with E-state index >= 15 is 0 Å². The Morgan fingerprint density at radius 1 is 1.14 bits per heavy atom. The lowest BCUT2D eigenvalue weighted by atomic mass is 10.0. The van der Waals surface area contributed by atoms with E-state index < -0.39 is 0 Å². The monoisotopic (exact) mass is 388 g/mol. The van der Waals surface area contributed by atoms with E-state index in [1.807, 2.05) is 16.8 Å². The lowest BCUT2D eigenvalue weighted by molar-refractivity contribution is 0.0865. The van der Waals surface area contributed by atoms with Crippen LogP contribution >= 0.6 is 0 Å². The fraction of sp³-hybridized carbons (Fsp3) is 0.650. The highest BCUT2D eigenvalue weighted by Crippen LogP contribution is 2.29. The summed E-state index contributed by atoms with van der Waals surface area (Å²) in [6.45, 7) is 9.66. The summed E-state index contributed by atoms with van der Waals surface area (Å²) >= 11 is 0. The van der Waals surface area contributed by atoms with E-state index in [1.165, 1.54) is 12.1 Å². The van der Waals surface area contributed by atoms with E-state index in [1.54, 1.807) is 0 Å². The average molecular weight is 388 g/mol. The van der Waals surface area contributed by atoms with Gasteiger partial charge in [0.1, 0.15) is 5.82 Å². The van der Waals surface area contributed by atoms with Gasteiger partial charge in [0.2, 0.25) is 0 Å². The van der Waals surface area contributed by atoms with Gasteiger partial charge >= 0.3 is 0 Å². The molecular formula is C20H29FN6O. The van der Waals surface area contributed by atoms with Crippen LogP contribution in [0.1, 0.15) is 38.6 Å². The van der Waals surface area contributed by atoms with E-state index in [4.69, 9.17) is 4.74 Å². The van der Waals surface area contributed by atoms with Gasteiger partial charge in [0.15, 0.2) is 5.82 Å². The molecule has 2 atom stereocenters. The normalized spacial score (nSPS) is 22.1. The first-order chi connectivity index (χ1) is 13.6. The minimum Gasteiger partial charge on any atom is -0.376 e. The summed E-state index contributed by atoms with van der Waals surface area (Å²) in [5.74, 6) is 1.13. The molecule has 1 aromatic heterocycles. The first-order valence-electron chi connectivity index (χ1n) is 10.2. The van der Waals surface area contributed by atoms with Crippen molar-refractivity contribution in [1.82, 2.24) is 25.1 Å². The SMILES string of the molecule is CC(C)[C@@H](c1nnnn1C[C@@H]1CCCO1)N1CCN(c2ccc(F)cc2)CC1. The zero-order chi connectivity index (χ0) is 19.5. The highest BCUT2D eigenvalue weighted by atomic mass is 19.1. The Morgan fingerprint density at radius 2 is 1.89 bits per heavy atom. The molecule has 0 spiro atoms. The Labute approximate surface area is 165 Å². The van der Waals surface area contributed by atoms with Crippen LogP contribution in [0.4, 0.5) is 10.1 Å². The predicted octanol–water partition coefficient (Wildman–Crippen LogP) is 2.51. The quantitative estimate of drug-likeness (QED) is 0.758. The molecule has 8 heteroatoms. The fourth-order valence-corrected chi connectivity index (χ4v) is 4.33. The van der Waals surface area contributed by atoms with Crippen molar-refractivity contribution in [2.45, 2.75) is 45.4 Å². The molecule has 1 aromatic carbocycles. The second-order valence-electron chi connectivity index (χ2n) is 8.04. The number of nitrogens with zero attached hydrogens (tertiary/aromatic N) is 6. The van der Waals surface area contributed by atoms with Crippen molar-refractivity contribution >= 4 is 5.69 Å². The molecule has 2 aliphatic heterocycles. The number of benzene rings is 1. The van der Waals surface area contributed by atoms with Gasteiger partial charge in [-0.05, 0) is 53.5 Å². The van der Waals surface area contributed by atoms with Gasteiger partial charge in [-0.1, -0.05) is 13.8 Å². The lowest BCUT2D eigenvalue weighted by Gasteiger charge is -2.41. The third kappa shape index (κ3) is 4.17. The van der Waals surface area contributed by atoms with Crippen LogP contribution in [-0.4, -0.2) is 64.0 Å². The minimum absolute atomic E-state index is 0.173. The molecule has 0 bridgehead atoms. The number of hydrogen-bond donors (Lipinski definition) is 0. The molecule has 152 valence electrons. The highest BCUT2D eigenvalue weighted by molar-refractivity contribution is 5.46. The molecule has 4 rings (SSSR count). The first-order valence-corrected chi connectivity index (χ1v) is 10.2. The highest BCUT2D eigenvalue weighted by Gasteiger charge is 2.32. The third-order valence-corrected chi connectivity index (χ3v) is 5.76. The van der Waals surface area contributed by atoms with Crippen molar-refractivity contribution in [2.24, 2.45) is 5.92 Å². The van der Waals surface area contributed by atoms with Crippen molar-refractivity contribution in [3.05, 3.63) is 35.9 Å². The molecule has 2 saturated heterocycles. The van der Waals surface area contributed by atoms with E-state index in [9.17, 15) is 4.39 Å². The average Bonchev–Trinajstić information content (AvgIpc) is 3.36. The van der Waals surface area contributed by atoms with Crippen molar-refractivity contribution in [1.29, 1.82) is 0 Å². The van der Waals surface area contributed by atoms with Crippen molar-refractivity contribution in [2.75, 3.05) is 37.7 Å². The van der Waals surface area contributed by atoms with Gasteiger partial charge in [0.25, 0.3) is 0 Å².